The van der Waals surface area contributed by atoms with Crippen LogP contribution in [0.5, 0.6) is 0 Å². The van der Waals surface area contributed by atoms with Gasteiger partial charge in [-0.05, 0) is 84.6 Å². The number of thiazole rings is 1. The van der Waals surface area contributed by atoms with Gasteiger partial charge in [0.2, 0.25) is 0 Å². The summed E-state index contributed by atoms with van der Waals surface area (Å²) < 4.78 is 11.1. The molecule has 2 aliphatic rings. The van der Waals surface area contributed by atoms with Crippen LogP contribution in [0, 0.1) is 0 Å². The zero-order valence-electron chi connectivity index (χ0n) is 21.0. The smallest absolute Gasteiger partial charge is 0.414 e. The van der Waals surface area contributed by atoms with Crippen molar-refractivity contribution >= 4 is 29.2 Å². The predicted molar refractivity (Wildman–Crippen MR) is 135 cm³/mol. The number of fused-ring (bicyclic) bond motifs is 1. The largest absolute Gasteiger partial charge is 0.444 e. The molecule has 7 nitrogen and oxygen atoms in total. The van der Waals surface area contributed by atoms with Crippen molar-refractivity contribution in [2.45, 2.75) is 77.9 Å². The van der Waals surface area contributed by atoms with E-state index >= 15 is 0 Å². The molecule has 0 unspecified atom stereocenters. The molecule has 1 aromatic carbocycles. The number of ether oxygens (including phenoxy) is 2. The summed E-state index contributed by atoms with van der Waals surface area (Å²) in [6, 6.07) is 6.19. The van der Waals surface area contributed by atoms with Gasteiger partial charge in [0.05, 0.1) is 11.4 Å². The predicted octanol–water partition coefficient (Wildman–Crippen LogP) is 6.22. The Labute approximate surface area is 206 Å². The van der Waals surface area contributed by atoms with Crippen molar-refractivity contribution < 1.29 is 19.1 Å². The Morgan fingerprint density at radius 2 is 1.62 bits per heavy atom. The lowest BCUT2D eigenvalue weighted by atomic mass is 9.94. The molecule has 1 saturated heterocycles. The van der Waals surface area contributed by atoms with E-state index in [0.717, 1.165) is 46.8 Å². The van der Waals surface area contributed by atoms with Crippen LogP contribution in [0.1, 0.15) is 71.6 Å². The van der Waals surface area contributed by atoms with Gasteiger partial charge in [-0.3, -0.25) is 4.90 Å². The standard InChI is InChI=1S/C26H35N3O4S/c1-25(2,3)32-23(30)28-12-9-17(10-13-28)20-16-34-22(27-20)19-7-8-21-18(15-19)11-14-29(21)24(31)33-26(4,5)6/h7-8,15-17H,9-14H2,1-6H3. The van der Waals surface area contributed by atoms with Crippen molar-refractivity contribution in [3.8, 4) is 10.6 Å². The minimum Gasteiger partial charge on any atom is -0.444 e. The lowest BCUT2D eigenvalue weighted by Crippen LogP contribution is -2.41. The number of piperidine rings is 1. The average molecular weight is 486 g/mol. The van der Waals surface area contributed by atoms with E-state index in [-0.39, 0.29) is 12.2 Å². The first-order valence-electron chi connectivity index (χ1n) is 12.0. The molecule has 0 aliphatic carbocycles. The molecule has 2 amide bonds. The third-order valence-electron chi connectivity index (χ3n) is 5.92. The fraction of sp³-hybridized carbons (Fsp3) is 0.577. The Kier molecular flexibility index (Phi) is 6.64. The monoisotopic (exact) mass is 485 g/mol. The number of nitrogens with zero attached hydrogens (tertiary/aromatic N) is 3. The third kappa shape index (κ3) is 5.71. The minimum atomic E-state index is -0.514. The SMILES string of the molecule is CC(C)(C)OC(=O)N1CCC(c2csc(-c3ccc4c(c3)CCN4C(=O)OC(C)(C)C)n2)CC1. The van der Waals surface area contributed by atoms with Crippen molar-refractivity contribution in [1.29, 1.82) is 0 Å². The van der Waals surface area contributed by atoms with Gasteiger partial charge in [-0.2, -0.15) is 0 Å². The Balaban J connectivity index is 1.40. The van der Waals surface area contributed by atoms with Crippen LogP contribution in [0.3, 0.4) is 0 Å². The lowest BCUT2D eigenvalue weighted by Gasteiger charge is -2.32. The molecule has 0 spiro atoms. The van der Waals surface area contributed by atoms with Crippen LogP contribution >= 0.6 is 11.3 Å². The minimum absolute atomic E-state index is 0.233. The van der Waals surface area contributed by atoms with Gasteiger partial charge in [-0.15, -0.1) is 11.3 Å². The summed E-state index contributed by atoms with van der Waals surface area (Å²) in [5.41, 5.74) is 3.25. The van der Waals surface area contributed by atoms with Gasteiger partial charge in [0, 0.05) is 36.5 Å². The van der Waals surface area contributed by atoms with E-state index in [4.69, 9.17) is 14.5 Å². The summed E-state index contributed by atoms with van der Waals surface area (Å²) in [6.45, 7) is 13.3. The van der Waals surface area contributed by atoms with Crippen LogP contribution in [0.25, 0.3) is 10.6 Å². The molecule has 2 aromatic rings. The highest BCUT2D eigenvalue weighted by molar-refractivity contribution is 7.13. The molecule has 34 heavy (non-hydrogen) atoms. The number of likely N-dealkylation sites (tertiary alicyclic amines) is 1. The highest BCUT2D eigenvalue weighted by Gasteiger charge is 2.30. The van der Waals surface area contributed by atoms with E-state index in [9.17, 15) is 9.59 Å². The normalized spacial score (nSPS) is 17.0. The second-order valence-electron chi connectivity index (χ2n) is 11.0. The maximum Gasteiger partial charge on any atom is 0.414 e. The molecule has 0 bridgehead atoms. The molecule has 0 atom stereocenters. The van der Waals surface area contributed by atoms with E-state index in [2.05, 4.69) is 11.4 Å². The van der Waals surface area contributed by atoms with Crippen LogP contribution in [-0.4, -0.2) is 52.9 Å². The van der Waals surface area contributed by atoms with Gasteiger partial charge in [-0.1, -0.05) is 0 Å². The molecule has 0 N–H and O–H groups in total. The van der Waals surface area contributed by atoms with E-state index < -0.39 is 11.2 Å². The number of carbonyl (C=O) groups is 2. The van der Waals surface area contributed by atoms with Gasteiger partial charge in [0.25, 0.3) is 0 Å². The molecule has 4 rings (SSSR count). The first-order valence-corrected chi connectivity index (χ1v) is 12.8. The Morgan fingerprint density at radius 3 is 2.26 bits per heavy atom. The number of anilines is 1. The topological polar surface area (TPSA) is 72.0 Å². The molecular formula is C26H35N3O4S. The van der Waals surface area contributed by atoms with E-state index in [0.29, 0.717) is 25.6 Å². The van der Waals surface area contributed by atoms with E-state index in [1.54, 1.807) is 21.1 Å². The third-order valence-corrected chi connectivity index (χ3v) is 6.83. The Bertz CT molecular complexity index is 1060. The van der Waals surface area contributed by atoms with Gasteiger partial charge in [-0.25, -0.2) is 14.6 Å². The van der Waals surface area contributed by atoms with Crippen LogP contribution in [0.2, 0.25) is 0 Å². The van der Waals surface area contributed by atoms with E-state index in [1.807, 2.05) is 53.7 Å². The fourth-order valence-corrected chi connectivity index (χ4v) is 5.23. The molecular weight excluding hydrogens is 450 g/mol. The number of hydrogen-bond acceptors (Lipinski definition) is 6. The van der Waals surface area contributed by atoms with E-state index in [1.165, 1.54) is 0 Å². The number of hydrogen-bond donors (Lipinski definition) is 0. The zero-order chi connectivity index (χ0) is 24.7. The van der Waals surface area contributed by atoms with Gasteiger partial charge >= 0.3 is 12.2 Å². The average Bonchev–Trinajstić information content (AvgIpc) is 3.38. The molecule has 0 radical (unpaired) electrons. The molecule has 1 fully saturated rings. The van der Waals surface area contributed by atoms with Gasteiger partial charge < -0.3 is 14.4 Å². The summed E-state index contributed by atoms with van der Waals surface area (Å²) >= 11 is 1.65. The number of aromatic nitrogens is 1. The van der Waals surface area contributed by atoms with Gasteiger partial charge in [0.15, 0.2) is 0 Å². The number of benzene rings is 1. The van der Waals surface area contributed by atoms with Crippen LogP contribution in [0.4, 0.5) is 15.3 Å². The van der Waals surface area contributed by atoms with Gasteiger partial charge in [0.1, 0.15) is 16.2 Å². The first kappa shape index (κ1) is 24.5. The summed E-state index contributed by atoms with van der Waals surface area (Å²) in [4.78, 5) is 33.3. The van der Waals surface area contributed by atoms with Crippen molar-refractivity contribution in [1.82, 2.24) is 9.88 Å². The first-order chi connectivity index (χ1) is 15.9. The summed E-state index contributed by atoms with van der Waals surface area (Å²) in [7, 11) is 0. The van der Waals surface area contributed by atoms with Crippen molar-refractivity contribution in [3.05, 3.63) is 34.8 Å². The Hall–Kier alpha value is -2.61. The maximum absolute atomic E-state index is 12.6. The second kappa shape index (κ2) is 9.21. The van der Waals surface area contributed by atoms with Crippen molar-refractivity contribution in [3.63, 3.8) is 0 Å². The molecule has 1 aromatic heterocycles. The van der Waals surface area contributed by atoms with Crippen LogP contribution < -0.4 is 4.90 Å². The molecule has 0 saturated carbocycles. The van der Waals surface area contributed by atoms with Crippen molar-refractivity contribution in [2.24, 2.45) is 0 Å². The summed E-state index contributed by atoms with van der Waals surface area (Å²) in [6.07, 6.45) is 2.05. The molecule has 184 valence electrons. The summed E-state index contributed by atoms with van der Waals surface area (Å²) in [5, 5.41) is 3.13. The second-order valence-corrected chi connectivity index (χ2v) is 11.9. The highest BCUT2D eigenvalue weighted by atomic mass is 32.1. The molecule has 2 aliphatic heterocycles. The fourth-order valence-electron chi connectivity index (χ4n) is 4.33. The van der Waals surface area contributed by atoms with Crippen LogP contribution in [0.15, 0.2) is 23.6 Å². The summed E-state index contributed by atoms with van der Waals surface area (Å²) in [5.74, 6) is 0.348. The lowest BCUT2D eigenvalue weighted by molar-refractivity contribution is 0.0204. The Morgan fingerprint density at radius 1 is 0.971 bits per heavy atom. The number of rotatable bonds is 2. The molecule has 8 heteroatoms. The highest BCUT2D eigenvalue weighted by Crippen LogP contribution is 2.36. The van der Waals surface area contributed by atoms with Crippen LogP contribution in [-0.2, 0) is 15.9 Å². The number of carbonyl (C=O) groups excluding carboxylic acids is 2. The zero-order valence-corrected chi connectivity index (χ0v) is 21.8. The van der Waals surface area contributed by atoms with Crippen molar-refractivity contribution in [2.75, 3.05) is 24.5 Å². The quantitative estimate of drug-likeness (QED) is 0.505. The maximum atomic E-state index is 12.6. The number of amides is 2. The molecule has 3 heterocycles.